The third-order valence-corrected chi connectivity index (χ3v) is 7.98. The minimum Gasteiger partial charge on any atom is -0.478 e. The molecule has 0 saturated carbocycles. The number of fused-ring (bicyclic) bond motifs is 1. The predicted octanol–water partition coefficient (Wildman–Crippen LogP) is 7.93. The van der Waals surface area contributed by atoms with Crippen LogP contribution in [0, 0.1) is 11.3 Å². The Labute approximate surface area is 257 Å². The molecule has 6 aromatic rings. The third-order valence-electron chi connectivity index (χ3n) is 7.00. The smallest absolute Gasteiger partial charge is 0.336 e. The summed E-state index contributed by atoms with van der Waals surface area (Å²) in [5.74, 6) is -1.23. The van der Waals surface area contributed by atoms with Crippen molar-refractivity contribution in [3.63, 3.8) is 0 Å². The number of nitriles is 1. The number of aromatic nitrogens is 2. The van der Waals surface area contributed by atoms with Gasteiger partial charge in [-0.15, -0.1) is 0 Å². The molecule has 0 saturated heterocycles. The van der Waals surface area contributed by atoms with Gasteiger partial charge in [0.05, 0.1) is 33.8 Å². The quantitative estimate of drug-likeness (QED) is 0.172. The van der Waals surface area contributed by atoms with Crippen LogP contribution in [0.3, 0.4) is 0 Å². The number of carboxylic acids is 1. The van der Waals surface area contributed by atoms with Crippen LogP contribution in [0.5, 0.6) is 0 Å². The highest BCUT2D eigenvalue weighted by Gasteiger charge is 2.17. The molecule has 0 bridgehead atoms. The molecule has 6 rings (SSSR count). The second kappa shape index (κ2) is 12.6. The first-order chi connectivity index (χ1) is 21.5. The normalized spacial score (nSPS) is 10.7. The van der Waals surface area contributed by atoms with E-state index in [-0.39, 0.29) is 17.2 Å². The number of nitrogens with zero attached hydrogens (tertiary/aromatic N) is 3. The fraction of sp³-hybridized carbons (Fsp3) is 0.0278. The Morgan fingerprint density at radius 3 is 2.05 bits per heavy atom. The van der Waals surface area contributed by atoms with E-state index >= 15 is 0 Å². The van der Waals surface area contributed by atoms with E-state index in [0.29, 0.717) is 32.9 Å². The molecule has 0 spiro atoms. The molecule has 2 aromatic heterocycles. The van der Waals surface area contributed by atoms with Gasteiger partial charge in [0, 0.05) is 27.8 Å². The van der Waals surface area contributed by atoms with Gasteiger partial charge in [0.15, 0.2) is 0 Å². The monoisotopic (exact) mass is 592 g/mol. The maximum Gasteiger partial charge on any atom is 0.336 e. The van der Waals surface area contributed by atoms with Gasteiger partial charge in [0.2, 0.25) is 5.91 Å². The summed E-state index contributed by atoms with van der Waals surface area (Å²) in [6, 6.07) is 39.4. The van der Waals surface area contributed by atoms with Crippen LogP contribution in [0.2, 0.25) is 0 Å². The highest BCUT2D eigenvalue weighted by molar-refractivity contribution is 8.00. The highest BCUT2D eigenvalue weighted by Crippen LogP contribution is 2.34. The molecule has 0 radical (unpaired) electrons. The molecular weight excluding hydrogens is 568 g/mol. The number of aromatic carboxylic acids is 1. The number of benzene rings is 4. The van der Waals surface area contributed by atoms with E-state index in [1.54, 1.807) is 48.5 Å². The Morgan fingerprint density at radius 1 is 0.750 bits per heavy atom. The molecule has 44 heavy (non-hydrogen) atoms. The lowest BCUT2D eigenvalue weighted by molar-refractivity contribution is -0.113. The molecule has 0 aliphatic heterocycles. The van der Waals surface area contributed by atoms with Crippen molar-refractivity contribution < 1.29 is 14.7 Å². The third kappa shape index (κ3) is 6.04. The lowest BCUT2D eigenvalue weighted by Gasteiger charge is -2.13. The second-order valence-corrected chi connectivity index (χ2v) is 10.8. The number of anilines is 1. The van der Waals surface area contributed by atoms with Crippen LogP contribution in [-0.4, -0.2) is 32.7 Å². The minimum absolute atomic E-state index is 0.0457. The zero-order valence-electron chi connectivity index (χ0n) is 23.3. The molecule has 2 N–H and O–H groups in total. The fourth-order valence-corrected chi connectivity index (χ4v) is 5.69. The SMILES string of the molecule is N#Cc1c(-c2ccccc2)cc(-c2ccccc2)nc1SCC(=O)Nc1ccc(-c2cc(C(=O)O)c3ccccc3n2)cc1. The highest BCUT2D eigenvalue weighted by atomic mass is 32.2. The van der Waals surface area contributed by atoms with Gasteiger partial charge in [-0.25, -0.2) is 14.8 Å². The van der Waals surface area contributed by atoms with E-state index in [0.717, 1.165) is 27.9 Å². The summed E-state index contributed by atoms with van der Waals surface area (Å²) < 4.78 is 0. The average Bonchev–Trinajstić information content (AvgIpc) is 3.07. The Morgan fingerprint density at radius 2 is 1.36 bits per heavy atom. The van der Waals surface area contributed by atoms with E-state index in [1.807, 2.05) is 72.8 Å². The number of hydrogen-bond donors (Lipinski definition) is 2. The molecule has 0 fully saturated rings. The topological polar surface area (TPSA) is 116 Å². The van der Waals surface area contributed by atoms with Crippen LogP contribution < -0.4 is 5.32 Å². The molecule has 212 valence electrons. The lowest BCUT2D eigenvalue weighted by atomic mass is 9.99. The predicted molar refractivity (Wildman–Crippen MR) is 173 cm³/mol. The average molecular weight is 593 g/mol. The van der Waals surface area contributed by atoms with E-state index in [4.69, 9.17) is 4.98 Å². The first-order valence-corrected chi connectivity index (χ1v) is 14.7. The molecule has 0 unspecified atom stereocenters. The molecule has 0 aliphatic carbocycles. The molecule has 2 heterocycles. The Bertz CT molecular complexity index is 2040. The fourth-order valence-electron chi connectivity index (χ4n) is 4.89. The number of hydrogen-bond acceptors (Lipinski definition) is 6. The maximum atomic E-state index is 13.0. The summed E-state index contributed by atoms with van der Waals surface area (Å²) in [5.41, 5.74) is 6.30. The van der Waals surface area contributed by atoms with E-state index < -0.39 is 5.97 Å². The van der Waals surface area contributed by atoms with Crippen molar-refractivity contribution in [1.82, 2.24) is 9.97 Å². The second-order valence-electron chi connectivity index (χ2n) is 9.87. The van der Waals surface area contributed by atoms with Crippen LogP contribution in [0.4, 0.5) is 5.69 Å². The van der Waals surface area contributed by atoms with Crippen LogP contribution >= 0.6 is 11.8 Å². The number of carbonyl (C=O) groups excluding carboxylic acids is 1. The summed E-state index contributed by atoms with van der Waals surface area (Å²) in [4.78, 5) is 34.3. The summed E-state index contributed by atoms with van der Waals surface area (Å²) in [6.45, 7) is 0. The van der Waals surface area contributed by atoms with Crippen molar-refractivity contribution in [1.29, 1.82) is 5.26 Å². The Balaban J connectivity index is 1.22. The van der Waals surface area contributed by atoms with Crippen LogP contribution in [0.25, 0.3) is 44.5 Å². The summed E-state index contributed by atoms with van der Waals surface area (Å²) in [7, 11) is 0. The Kier molecular flexibility index (Phi) is 8.13. The molecule has 0 atom stereocenters. The molecule has 8 heteroatoms. The minimum atomic E-state index is -1.02. The zero-order valence-corrected chi connectivity index (χ0v) is 24.1. The van der Waals surface area contributed by atoms with Crippen LogP contribution in [-0.2, 0) is 4.79 Å². The molecule has 7 nitrogen and oxygen atoms in total. The number of carbonyl (C=O) groups is 2. The van der Waals surface area contributed by atoms with Crippen LogP contribution in [0.15, 0.2) is 126 Å². The first kappa shape index (κ1) is 28.3. The molecule has 1 amide bonds. The number of carboxylic acid groups (broad SMARTS) is 1. The van der Waals surface area contributed by atoms with Crippen molar-refractivity contribution in [2.75, 3.05) is 11.1 Å². The van der Waals surface area contributed by atoms with E-state index in [2.05, 4.69) is 16.4 Å². The van der Waals surface area contributed by atoms with Gasteiger partial charge in [-0.1, -0.05) is 103 Å². The zero-order chi connectivity index (χ0) is 30.5. The van der Waals surface area contributed by atoms with Gasteiger partial charge >= 0.3 is 5.97 Å². The van der Waals surface area contributed by atoms with E-state index in [1.165, 1.54) is 11.8 Å². The number of rotatable bonds is 8. The number of pyridine rings is 2. The number of amides is 1. The number of nitrogens with one attached hydrogen (secondary N) is 1. The van der Waals surface area contributed by atoms with Crippen molar-refractivity contribution in [3.05, 3.63) is 132 Å². The maximum absolute atomic E-state index is 13.0. The van der Waals surface area contributed by atoms with Gasteiger partial charge in [-0.3, -0.25) is 4.79 Å². The standard InChI is InChI=1S/C36H24N4O3S/c37-21-30-28(23-9-3-1-4-10-23)19-33(24-11-5-2-6-12-24)40-35(30)44-22-34(41)38-26-17-15-25(16-18-26)32-20-29(36(42)43)27-13-7-8-14-31(27)39-32/h1-20H,22H2,(H,38,41)(H,42,43). The molecule has 4 aromatic carbocycles. The van der Waals surface area contributed by atoms with E-state index in [9.17, 15) is 20.0 Å². The van der Waals surface area contributed by atoms with Crippen molar-refractivity contribution in [2.45, 2.75) is 5.03 Å². The van der Waals surface area contributed by atoms with Crippen molar-refractivity contribution in [3.8, 4) is 39.7 Å². The summed E-state index contributed by atoms with van der Waals surface area (Å²) in [5, 5.41) is 23.8. The van der Waals surface area contributed by atoms with Gasteiger partial charge in [-0.2, -0.15) is 5.26 Å². The largest absolute Gasteiger partial charge is 0.478 e. The molecule has 0 aliphatic rings. The van der Waals surface area contributed by atoms with Gasteiger partial charge in [-0.05, 0) is 35.9 Å². The first-order valence-electron chi connectivity index (χ1n) is 13.7. The van der Waals surface area contributed by atoms with Crippen LogP contribution in [0.1, 0.15) is 15.9 Å². The van der Waals surface area contributed by atoms with Crippen molar-refractivity contribution in [2.24, 2.45) is 0 Å². The van der Waals surface area contributed by atoms with Gasteiger partial charge in [0.25, 0.3) is 0 Å². The molecular formula is C36H24N4O3S. The number of thioether (sulfide) groups is 1. The lowest BCUT2D eigenvalue weighted by Crippen LogP contribution is -2.14. The van der Waals surface area contributed by atoms with Gasteiger partial charge < -0.3 is 10.4 Å². The van der Waals surface area contributed by atoms with Crippen molar-refractivity contribution >= 4 is 40.2 Å². The number of para-hydroxylation sites is 1. The summed E-state index contributed by atoms with van der Waals surface area (Å²) in [6.07, 6.45) is 0. The summed E-state index contributed by atoms with van der Waals surface area (Å²) >= 11 is 1.21. The van der Waals surface area contributed by atoms with Gasteiger partial charge in [0.1, 0.15) is 11.1 Å². The Hall–Kier alpha value is -5.78.